The summed E-state index contributed by atoms with van der Waals surface area (Å²) < 4.78 is 14.3. The average Bonchev–Trinajstić information content (AvgIpc) is 3.24. The largest absolute Gasteiger partial charge is 0.369 e. The van der Waals surface area contributed by atoms with Crippen molar-refractivity contribution in [2.45, 2.75) is 44.6 Å². The second kappa shape index (κ2) is 8.38. The second-order valence-corrected chi connectivity index (χ2v) is 8.10. The summed E-state index contributed by atoms with van der Waals surface area (Å²) in [4.78, 5) is 19.8. The molecule has 0 radical (unpaired) electrons. The molecule has 1 atom stereocenters. The molecule has 0 saturated carbocycles. The number of pyridine rings is 1. The van der Waals surface area contributed by atoms with Gasteiger partial charge in [-0.15, -0.1) is 0 Å². The molecule has 1 aromatic heterocycles. The fourth-order valence-electron chi connectivity index (χ4n) is 4.71. The van der Waals surface area contributed by atoms with Crippen LogP contribution in [0.1, 0.15) is 48.9 Å². The molecule has 2 fully saturated rings. The van der Waals surface area contributed by atoms with Gasteiger partial charge in [0.2, 0.25) is 0 Å². The number of anilines is 1. The highest BCUT2D eigenvalue weighted by molar-refractivity contribution is 5.51. The molecular formula is C23H27FN4O. The maximum Gasteiger partial charge on any atom is 0.251 e. The quantitative estimate of drug-likeness (QED) is 0.863. The van der Waals surface area contributed by atoms with E-state index in [1.54, 1.807) is 12.1 Å². The minimum Gasteiger partial charge on any atom is -0.369 e. The number of hydrogen-bond donors (Lipinski definition) is 1. The number of likely N-dealkylation sites (tertiary alicyclic amines) is 1. The zero-order valence-corrected chi connectivity index (χ0v) is 16.8. The van der Waals surface area contributed by atoms with Crippen LogP contribution in [0, 0.1) is 17.1 Å². The topological polar surface area (TPSA) is 63.1 Å². The zero-order chi connectivity index (χ0) is 20.4. The molecule has 1 N–H and O–H groups in total. The van der Waals surface area contributed by atoms with Crippen LogP contribution in [0.2, 0.25) is 0 Å². The normalized spacial score (nSPS) is 20.7. The Morgan fingerprint density at radius 3 is 2.62 bits per heavy atom. The molecule has 152 valence electrons. The fraction of sp³-hybridized carbons (Fsp3) is 0.478. The highest BCUT2D eigenvalue weighted by Gasteiger charge is 2.32. The molecule has 2 aromatic rings. The number of halogens is 1. The van der Waals surface area contributed by atoms with Crippen molar-refractivity contribution in [3.63, 3.8) is 0 Å². The first-order valence-electron chi connectivity index (χ1n) is 10.5. The zero-order valence-electron chi connectivity index (χ0n) is 16.8. The van der Waals surface area contributed by atoms with Gasteiger partial charge in [-0.25, -0.2) is 4.39 Å². The van der Waals surface area contributed by atoms with E-state index in [2.05, 4.69) is 20.9 Å². The lowest BCUT2D eigenvalue weighted by molar-refractivity contribution is 0.205. The second-order valence-electron chi connectivity index (χ2n) is 8.10. The van der Waals surface area contributed by atoms with Gasteiger partial charge in [0.25, 0.3) is 5.56 Å². The van der Waals surface area contributed by atoms with Crippen molar-refractivity contribution >= 4 is 5.69 Å². The van der Waals surface area contributed by atoms with Gasteiger partial charge in [0.05, 0.1) is 17.3 Å². The minimum atomic E-state index is -0.316. The van der Waals surface area contributed by atoms with Gasteiger partial charge in [-0.2, -0.15) is 5.26 Å². The van der Waals surface area contributed by atoms with E-state index in [-0.39, 0.29) is 11.4 Å². The summed E-state index contributed by atoms with van der Waals surface area (Å²) in [5, 5.41) is 8.91. The molecule has 0 amide bonds. The number of hydrogen-bond acceptors (Lipinski definition) is 4. The lowest BCUT2D eigenvalue weighted by Crippen LogP contribution is -2.44. The number of nitrogens with zero attached hydrogens (tertiary/aromatic N) is 3. The van der Waals surface area contributed by atoms with Crippen molar-refractivity contribution in [2.75, 3.05) is 31.1 Å². The maximum atomic E-state index is 14.3. The number of nitriles is 1. The number of piperidine rings is 1. The Bertz CT molecular complexity index is 972. The first-order valence-corrected chi connectivity index (χ1v) is 10.5. The van der Waals surface area contributed by atoms with Crippen LogP contribution in [-0.4, -0.2) is 42.1 Å². The molecule has 5 nitrogen and oxygen atoms in total. The van der Waals surface area contributed by atoms with Crippen molar-refractivity contribution in [1.82, 2.24) is 9.88 Å². The predicted octanol–water partition coefficient (Wildman–Crippen LogP) is 3.41. The van der Waals surface area contributed by atoms with E-state index in [1.165, 1.54) is 6.07 Å². The number of rotatable bonds is 4. The Balaban J connectivity index is 1.36. The van der Waals surface area contributed by atoms with E-state index in [0.717, 1.165) is 63.1 Å². The van der Waals surface area contributed by atoms with Crippen molar-refractivity contribution in [1.29, 1.82) is 5.26 Å². The van der Waals surface area contributed by atoms with Gasteiger partial charge in [0.1, 0.15) is 5.82 Å². The number of nitrogens with one attached hydrogen (secondary N) is 1. The van der Waals surface area contributed by atoms with Gasteiger partial charge in [0.15, 0.2) is 0 Å². The summed E-state index contributed by atoms with van der Waals surface area (Å²) in [6.45, 7) is 5.64. The molecule has 1 aromatic carbocycles. The number of aryl methyl sites for hydroxylation is 1. The van der Waals surface area contributed by atoms with E-state index >= 15 is 0 Å². The molecule has 2 saturated heterocycles. The molecule has 3 heterocycles. The Labute approximate surface area is 170 Å². The molecule has 4 rings (SSSR count). The third kappa shape index (κ3) is 4.06. The van der Waals surface area contributed by atoms with Crippen LogP contribution >= 0.6 is 0 Å². The molecule has 6 heteroatoms. The molecule has 0 spiro atoms. The molecule has 1 unspecified atom stereocenters. The SMILES string of the molecule is CCc1ccc(C2CCN(C3CCN(c4ccc(C#N)cc4F)CC3)C2)[nH]c1=O. The average molecular weight is 394 g/mol. The molecular weight excluding hydrogens is 367 g/mol. The lowest BCUT2D eigenvalue weighted by atomic mass is 10.0. The third-order valence-electron chi connectivity index (χ3n) is 6.45. The van der Waals surface area contributed by atoms with Crippen LogP contribution in [0.4, 0.5) is 10.1 Å². The van der Waals surface area contributed by atoms with Crippen molar-refractivity contribution in [2.24, 2.45) is 0 Å². The van der Waals surface area contributed by atoms with Gasteiger partial charge >= 0.3 is 0 Å². The summed E-state index contributed by atoms with van der Waals surface area (Å²) in [6, 6.07) is 11.2. The Kier molecular flexibility index (Phi) is 5.68. The maximum absolute atomic E-state index is 14.3. The van der Waals surface area contributed by atoms with E-state index in [9.17, 15) is 9.18 Å². The third-order valence-corrected chi connectivity index (χ3v) is 6.45. The van der Waals surface area contributed by atoms with Crippen molar-refractivity contribution < 1.29 is 4.39 Å². The summed E-state index contributed by atoms with van der Waals surface area (Å²) in [5.41, 5.74) is 2.88. The molecule has 29 heavy (non-hydrogen) atoms. The lowest BCUT2D eigenvalue weighted by Gasteiger charge is -2.38. The van der Waals surface area contributed by atoms with Gasteiger partial charge in [-0.05, 0) is 56.5 Å². The molecule has 2 aliphatic rings. The van der Waals surface area contributed by atoms with Gasteiger partial charge < -0.3 is 9.88 Å². The standard InChI is InChI=1S/C23H27FN4O/c1-2-17-4-5-21(26-23(17)29)18-7-10-28(15-18)19-8-11-27(12-9-19)22-6-3-16(14-25)13-20(22)24/h3-6,13,18-19H,2,7-12,15H2,1H3,(H,26,29). The Morgan fingerprint density at radius 1 is 1.17 bits per heavy atom. The monoisotopic (exact) mass is 394 g/mol. The highest BCUT2D eigenvalue weighted by Crippen LogP contribution is 2.31. The van der Waals surface area contributed by atoms with E-state index in [4.69, 9.17) is 5.26 Å². The number of aromatic amines is 1. The summed E-state index contributed by atoms with van der Waals surface area (Å²) in [7, 11) is 0. The van der Waals surface area contributed by atoms with E-state index in [1.807, 2.05) is 19.1 Å². The summed E-state index contributed by atoms with van der Waals surface area (Å²) >= 11 is 0. The Morgan fingerprint density at radius 2 is 1.97 bits per heavy atom. The molecule has 0 bridgehead atoms. The summed E-state index contributed by atoms with van der Waals surface area (Å²) in [6.07, 6.45) is 3.81. The van der Waals surface area contributed by atoms with Gasteiger partial charge in [0, 0.05) is 42.9 Å². The van der Waals surface area contributed by atoms with E-state index in [0.29, 0.717) is 23.2 Å². The smallest absolute Gasteiger partial charge is 0.251 e. The van der Waals surface area contributed by atoms with Crippen molar-refractivity contribution in [3.05, 3.63) is 63.3 Å². The van der Waals surface area contributed by atoms with Crippen LogP contribution in [0.5, 0.6) is 0 Å². The van der Waals surface area contributed by atoms with Gasteiger partial charge in [-0.3, -0.25) is 9.69 Å². The summed E-state index contributed by atoms with van der Waals surface area (Å²) in [5.74, 6) is 0.0609. The van der Waals surface area contributed by atoms with Crippen molar-refractivity contribution in [3.8, 4) is 6.07 Å². The number of H-pyrrole nitrogens is 1. The van der Waals surface area contributed by atoms with Crippen LogP contribution in [0.15, 0.2) is 35.1 Å². The van der Waals surface area contributed by atoms with E-state index < -0.39 is 0 Å². The predicted molar refractivity (Wildman–Crippen MR) is 112 cm³/mol. The van der Waals surface area contributed by atoms with Crippen LogP contribution < -0.4 is 10.5 Å². The number of aromatic nitrogens is 1. The minimum absolute atomic E-state index is 0.0428. The van der Waals surface area contributed by atoms with Crippen LogP contribution in [-0.2, 0) is 6.42 Å². The number of benzene rings is 1. The van der Waals surface area contributed by atoms with Gasteiger partial charge in [-0.1, -0.05) is 13.0 Å². The molecule has 0 aliphatic carbocycles. The Hall–Kier alpha value is -2.65. The van der Waals surface area contributed by atoms with Crippen LogP contribution in [0.25, 0.3) is 0 Å². The fourth-order valence-corrected chi connectivity index (χ4v) is 4.71. The van der Waals surface area contributed by atoms with Crippen LogP contribution in [0.3, 0.4) is 0 Å². The molecule has 2 aliphatic heterocycles. The first kappa shape index (κ1) is 19.7. The first-order chi connectivity index (χ1) is 14.1. The highest BCUT2D eigenvalue weighted by atomic mass is 19.1.